The van der Waals surface area contributed by atoms with E-state index in [-0.39, 0.29) is 17.5 Å². The molecule has 1 saturated heterocycles. The van der Waals surface area contributed by atoms with Crippen molar-refractivity contribution in [2.24, 2.45) is 5.92 Å². The molecule has 1 atom stereocenters. The number of aryl methyl sites for hydroxylation is 1. The molecule has 17 heavy (non-hydrogen) atoms. The van der Waals surface area contributed by atoms with Crippen molar-refractivity contribution in [1.82, 2.24) is 5.32 Å². The molecule has 5 nitrogen and oxygen atoms in total. The fourth-order valence-electron chi connectivity index (χ4n) is 2.05. The van der Waals surface area contributed by atoms with Gasteiger partial charge in [0.1, 0.15) is 0 Å². The lowest BCUT2D eigenvalue weighted by molar-refractivity contribution is -0.384. The minimum atomic E-state index is -0.409. The number of nitrogens with one attached hydrogen (secondary N) is 1. The van der Waals surface area contributed by atoms with Crippen LogP contribution in [0.5, 0.6) is 0 Å². The van der Waals surface area contributed by atoms with E-state index in [4.69, 9.17) is 0 Å². The van der Waals surface area contributed by atoms with E-state index >= 15 is 0 Å². The smallest absolute Gasteiger partial charge is 0.269 e. The Hall–Kier alpha value is -1.91. The number of non-ortho nitro benzene ring substituents is 1. The largest absolute Gasteiger partial charge is 0.356 e. The predicted octanol–water partition coefficient (Wildman–Crippen LogP) is 1.66. The molecule has 0 bridgehead atoms. The van der Waals surface area contributed by atoms with Crippen LogP contribution in [0.4, 0.5) is 5.69 Å². The number of carbonyl (C=O) groups is 1. The Bertz CT molecular complexity index is 428. The fourth-order valence-corrected chi connectivity index (χ4v) is 2.05. The Labute approximate surface area is 99.0 Å². The van der Waals surface area contributed by atoms with Crippen LogP contribution in [0, 0.1) is 16.0 Å². The maximum Gasteiger partial charge on any atom is 0.269 e. The fraction of sp³-hybridized carbons (Fsp3) is 0.417. The number of nitro benzene ring substituents is 1. The number of rotatable bonds is 4. The molecule has 0 spiro atoms. The van der Waals surface area contributed by atoms with Crippen LogP contribution in [0.2, 0.25) is 0 Å². The van der Waals surface area contributed by atoms with E-state index in [0.29, 0.717) is 0 Å². The molecule has 1 fully saturated rings. The summed E-state index contributed by atoms with van der Waals surface area (Å²) >= 11 is 0. The third-order valence-corrected chi connectivity index (χ3v) is 3.09. The topological polar surface area (TPSA) is 72.2 Å². The second-order valence-electron chi connectivity index (χ2n) is 4.24. The van der Waals surface area contributed by atoms with Gasteiger partial charge in [-0.1, -0.05) is 12.1 Å². The Morgan fingerprint density at radius 3 is 2.59 bits per heavy atom. The Morgan fingerprint density at radius 1 is 1.35 bits per heavy atom. The summed E-state index contributed by atoms with van der Waals surface area (Å²) in [6.07, 6.45) is 2.49. The van der Waals surface area contributed by atoms with E-state index in [1.165, 1.54) is 12.1 Å². The van der Waals surface area contributed by atoms with E-state index < -0.39 is 4.92 Å². The molecule has 5 heteroatoms. The van der Waals surface area contributed by atoms with Crippen molar-refractivity contribution in [3.05, 3.63) is 39.9 Å². The molecule has 2 rings (SSSR count). The molecule has 90 valence electrons. The summed E-state index contributed by atoms with van der Waals surface area (Å²) in [5.41, 5.74) is 1.14. The summed E-state index contributed by atoms with van der Waals surface area (Å²) in [6, 6.07) is 6.52. The second kappa shape index (κ2) is 4.95. The highest BCUT2D eigenvalue weighted by atomic mass is 16.6. The number of carbonyl (C=O) groups excluding carboxylic acids is 1. The number of nitrogens with zero attached hydrogens (tertiary/aromatic N) is 1. The van der Waals surface area contributed by atoms with Gasteiger partial charge in [-0.25, -0.2) is 0 Å². The first kappa shape index (κ1) is 11.6. The summed E-state index contributed by atoms with van der Waals surface area (Å²) < 4.78 is 0. The molecule has 0 radical (unpaired) electrons. The van der Waals surface area contributed by atoms with E-state index in [9.17, 15) is 14.9 Å². The summed E-state index contributed by atoms with van der Waals surface area (Å²) in [5.74, 6) is 0.233. The highest BCUT2D eigenvalue weighted by Gasteiger charge is 2.23. The van der Waals surface area contributed by atoms with Crippen LogP contribution >= 0.6 is 0 Å². The Balaban J connectivity index is 1.91. The maximum atomic E-state index is 11.3. The van der Waals surface area contributed by atoms with Gasteiger partial charge in [0.15, 0.2) is 0 Å². The predicted molar refractivity (Wildman–Crippen MR) is 62.5 cm³/mol. The van der Waals surface area contributed by atoms with Crippen molar-refractivity contribution < 1.29 is 9.72 Å². The molecule has 1 aliphatic rings. The first-order valence-corrected chi connectivity index (χ1v) is 5.68. The number of nitro groups is 1. The number of benzene rings is 1. The minimum absolute atomic E-state index is 0.102. The Morgan fingerprint density at radius 2 is 2.06 bits per heavy atom. The molecular weight excluding hydrogens is 220 g/mol. The van der Waals surface area contributed by atoms with Crippen LogP contribution < -0.4 is 5.32 Å². The first-order valence-electron chi connectivity index (χ1n) is 5.68. The van der Waals surface area contributed by atoms with Gasteiger partial charge in [-0.3, -0.25) is 14.9 Å². The van der Waals surface area contributed by atoms with Crippen molar-refractivity contribution in [3.8, 4) is 0 Å². The lowest BCUT2D eigenvalue weighted by Gasteiger charge is -2.06. The van der Waals surface area contributed by atoms with Crippen molar-refractivity contribution in [1.29, 1.82) is 0 Å². The van der Waals surface area contributed by atoms with Crippen molar-refractivity contribution in [2.75, 3.05) is 6.54 Å². The summed E-state index contributed by atoms with van der Waals surface area (Å²) in [7, 11) is 0. The standard InChI is InChI=1S/C12H14N2O3/c15-12-10(7-8-13-12)4-1-9-2-5-11(6-3-9)14(16)17/h2-3,5-6,10H,1,4,7-8H2,(H,13,15). The zero-order chi connectivity index (χ0) is 12.3. The molecule has 1 aliphatic heterocycles. The van der Waals surface area contributed by atoms with E-state index in [0.717, 1.165) is 31.4 Å². The van der Waals surface area contributed by atoms with Gasteiger partial charge in [-0.15, -0.1) is 0 Å². The van der Waals surface area contributed by atoms with Crippen LogP contribution in [0.25, 0.3) is 0 Å². The molecule has 1 aromatic rings. The number of hydrogen-bond donors (Lipinski definition) is 1. The van der Waals surface area contributed by atoms with Gasteiger partial charge in [0.25, 0.3) is 5.69 Å². The van der Waals surface area contributed by atoms with Crippen LogP contribution in [0.3, 0.4) is 0 Å². The lowest BCUT2D eigenvalue weighted by Crippen LogP contribution is -2.19. The van der Waals surface area contributed by atoms with Crippen LogP contribution in [-0.2, 0) is 11.2 Å². The summed E-state index contributed by atoms with van der Waals surface area (Å²) in [6.45, 7) is 0.768. The van der Waals surface area contributed by atoms with E-state index in [2.05, 4.69) is 5.32 Å². The van der Waals surface area contributed by atoms with Gasteiger partial charge in [-0.2, -0.15) is 0 Å². The Kier molecular flexibility index (Phi) is 3.37. The number of hydrogen-bond acceptors (Lipinski definition) is 3. The van der Waals surface area contributed by atoms with Gasteiger partial charge in [-0.05, 0) is 24.8 Å². The third kappa shape index (κ3) is 2.81. The monoisotopic (exact) mass is 234 g/mol. The van der Waals surface area contributed by atoms with Gasteiger partial charge in [0, 0.05) is 24.6 Å². The molecule has 1 N–H and O–H groups in total. The van der Waals surface area contributed by atoms with Gasteiger partial charge < -0.3 is 5.32 Å². The quantitative estimate of drug-likeness (QED) is 0.636. The van der Waals surface area contributed by atoms with Crippen LogP contribution in [0.1, 0.15) is 18.4 Å². The molecule has 1 heterocycles. The van der Waals surface area contributed by atoms with Crippen molar-refractivity contribution >= 4 is 11.6 Å². The van der Waals surface area contributed by atoms with Gasteiger partial charge >= 0.3 is 0 Å². The third-order valence-electron chi connectivity index (χ3n) is 3.09. The molecule has 0 aromatic heterocycles. The maximum absolute atomic E-state index is 11.3. The molecule has 1 amide bonds. The van der Waals surface area contributed by atoms with Crippen molar-refractivity contribution in [2.45, 2.75) is 19.3 Å². The first-order chi connectivity index (χ1) is 8.16. The molecular formula is C12H14N2O3. The molecule has 1 aromatic carbocycles. The minimum Gasteiger partial charge on any atom is -0.356 e. The normalized spacial score (nSPS) is 19.1. The average molecular weight is 234 g/mol. The van der Waals surface area contributed by atoms with Gasteiger partial charge in [0.2, 0.25) is 5.91 Å². The SMILES string of the molecule is O=C1NCCC1CCc1ccc([N+](=O)[O-])cc1. The van der Waals surface area contributed by atoms with E-state index in [1.54, 1.807) is 12.1 Å². The highest BCUT2D eigenvalue weighted by Crippen LogP contribution is 2.18. The van der Waals surface area contributed by atoms with Crippen molar-refractivity contribution in [3.63, 3.8) is 0 Å². The molecule has 1 unspecified atom stereocenters. The molecule has 0 saturated carbocycles. The van der Waals surface area contributed by atoms with Crippen LogP contribution in [-0.4, -0.2) is 17.4 Å². The van der Waals surface area contributed by atoms with Crippen LogP contribution in [0.15, 0.2) is 24.3 Å². The summed E-state index contributed by atoms with van der Waals surface area (Å²) in [5, 5.41) is 13.3. The average Bonchev–Trinajstić information content (AvgIpc) is 2.73. The van der Waals surface area contributed by atoms with Gasteiger partial charge in [0.05, 0.1) is 4.92 Å². The highest BCUT2D eigenvalue weighted by molar-refractivity contribution is 5.80. The second-order valence-corrected chi connectivity index (χ2v) is 4.24. The lowest BCUT2D eigenvalue weighted by atomic mass is 9.98. The van der Waals surface area contributed by atoms with E-state index in [1.807, 2.05) is 0 Å². The summed E-state index contributed by atoms with van der Waals surface area (Å²) in [4.78, 5) is 21.4. The molecule has 0 aliphatic carbocycles. The zero-order valence-corrected chi connectivity index (χ0v) is 9.39. The number of amides is 1. The zero-order valence-electron chi connectivity index (χ0n) is 9.39.